The number of carbonyl (C=O) groups excluding carboxylic acids is 1. The van der Waals surface area contributed by atoms with E-state index in [1.807, 2.05) is 23.8 Å². The van der Waals surface area contributed by atoms with Gasteiger partial charge >= 0.3 is 5.97 Å². The molecule has 0 aliphatic rings. The molecule has 0 saturated carbocycles. The Hall–Kier alpha value is -0.870. The van der Waals surface area contributed by atoms with Gasteiger partial charge in [-0.2, -0.15) is 11.3 Å². The van der Waals surface area contributed by atoms with Gasteiger partial charge in [0.05, 0.1) is 6.61 Å². The van der Waals surface area contributed by atoms with Crippen molar-refractivity contribution >= 4 is 38.7 Å². The molecule has 0 unspecified atom stereocenters. The maximum atomic E-state index is 11.3. The number of thiophene rings is 2. The number of ether oxygens (including phenoxy) is 1. The molecule has 0 aliphatic carbocycles. The lowest BCUT2D eigenvalue weighted by Gasteiger charge is -1.95. The molecule has 0 aliphatic heterocycles. The predicted octanol–water partition coefficient (Wildman–Crippen LogP) is 3.14. The predicted molar refractivity (Wildman–Crippen MR) is 55.7 cm³/mol. The molecule has 0 spiro atoms. The Morgan fingerprint density at radius 1 is 1.54 bits per heavy atom. The topological polar surface area (TPSA) is 26.3 Å². The van der Waals surface area contributed by atoms with Crippen molar-refractivity contribution in [3.63, 3.8) is 0 Å². The SMILES string of the molecule is CCOC(=O)c1cc2cscc2s1. The van der Waals surface area contributed by atoms with Crippen molar-refractivity contribution in [1.29, 1.82) is 0 Å². The molecule has 2 aromatic rings. The molecular weight excluding hydrogens is 204 g/mol. The van der Waals surface area contributed by atoms with Crippen LogP contribution in [0, 0.1) is 0 Å². The molecule has 0 amide bonds. The third-order valence-corrected chi connectivity index (χ3v) is 3.63. The van der Waals surface area contributed by atoms with Crippen molar-refractivity contribution in [1.82, 2.24) is 0 Å². The van der Waals surface area contributed by atoms with Gasteiger partial charge in [-0.05, 0) is 18.4 Å². The van der Waals surface area contributed by atoms with Gasteiger partial charge in [-0.1, -0.05) is 0 Å². The lowest BCUT2D eigenvalue weighted by atomic mass is 10.4. The van der Waals surface area contributed by atoms with Crippen molar-refractivity contribution in [2.24, 2.45) is 0 Å². The van der Waals surface area contributed by atoms with Crippen LogP contribution in [0.15, 0.2) is 16.8 Å². The summed E-state index contributed by atoms with van der Waals surface area (Å²) in [6.07, 6.45) is 0. The van der Waals surface area contributed by atoms with E-state index in [-0.39, 0.29) is 5.97 Å². The summed E-state index contributed by atoms with van der Waals surface area (Å²) in [6, 6.07) is 1.88. The lowest BCUT2D eigenvalue weighted by Crippen LogP contribution is -2.01. The van der Waals surface area contributed by atoms with E-state index < -0.39 is 0 Å². The first kappa shape index (κ1) is 8.72. The van der Waals surface area contributed by atoms with Gasteiger partial charge in [0.1, 0.15) is 4.88 Å². The van der Waals surface area contributed by atoms with Gasteiger partial charge in [0.2, 0.25) is 0 Å². The van der Waals surface area contributed by atoms with E-state index >= 15 is 0 Å². The van der Waals surface area contributed by atoms with Crippen molar-refractivity contribution in [2.75, 3.05) is 6.61 Å². The Bertz CT molecular complexity index is 399. The molecule has 2 heterocycles. The molecule has 4 heteroatoms. The molecule has 0 aromatic carbocycles. The van der Waals surface area contributed by atoms with Crippen LogP contribution in [0.5, 0.6) is 0 Å². The van der Waals surface area contributed by atoms with Crippen LogP contribution < -0.4 is 0 Å². The van der Waals surface area contributed by atoms with E-state index in [0.717, 1.165) is 10.1 Å². The third kappa shape index (κ3) is 1.59. The van der Waals surface area contributed by atoms with E-state index in [4.69, 9.17) is 4.74 Å². The molecule has 2 nitrogen and oxygen atoms in total. The minimum Gasteiger partial charge on any atom is -0.462 e. The second-order valence-corrected chi connectivity index (χ2v) is 4.35. The molecule has 2 rings (SSSR count). The number of fused-ring (bicyclic) bond motifs is 1. The summed E-state index contributed by atoms with van der Waals surface area (Å²) in [6.45, 7) is 2.25. The van der Waals surface area contributed by atoms with Crippen LogP contribution in [0.1, 0.15) is 16.6 Å². The Kier molecular flexibility index (Phi) is 2.33. The highest BCUT2D eigenvalue weighted by atomic mass is 32.1. The van der Waals surface area contributed by atoms with Crippen LogP contribution in [0.3, 0.4) is 0 Å². The van der Waals surface area contributed by atoms with Gasteiger partial charge in [-0.25, -0.2) is 4.79 Å². The molecule has 0 N–H and O–H groups in total. The van der Waals surface area contributed by atoms with E-state index in [1.54, 1.807) is 11.3 Å². The first-order valence-corrected chi connectivity index (χ1v) is 5.70. The Morgan fingerprint density at radius 2 is 2.38 bits per heavy atom. The fourth-order valence-electron chi connectivity index (χ4n) is 1.08. The maximum Gasteiger partial charge on any atom is 0.348 e. The average molecular weight is 212 g/mol. The molecule has 2 aromatic heterocycles. The van der Waals surface area contributed by atoms with Gasteiger partial charge < -0.3 is 4.74 Å². The van der Waals surface area contributed by atoms with E-state index in [9.17, 15) is 4.79 Å². The number of hydrogen-bond acceptors (Lipinski definition) is 4. The van der Waals surface area contributed by atoms with Gasteiger partial charge in [0, 0.05) is 15.5 Å². The lowest BCUT2D eigenvalue weighted by molar-refractivity contribution is 0.0532. The first-order chi connectivity index (χ1) is 6.31. The van der Waals surface area contributed by atoms with Gasteiger partial charge in [0.25, 0.3) is 0 Å². The van der Waals surface area contributed by atoms with E-state index in [1.165, 1.54) is 11.3 Å². The number of hydrogen-bond donors (Lipinski definition) is 0. The van der Waals surface area contributed by atoms with Crippen LogP contribution in [0.2, 0.25) is 0 Å². The van der Waals surface area contributed by atoms with Crippen LogP contribution in [0.25, 0.3) is 10.1 Å². The average Bonchev–Trinajstić information content (AvgIpc) is 2.61. The Morgan fingerprint density at radius 3 is 3.08 bits per heavy atom. The third-order valence-electron chi connectivity index (χ3n) is 1.64. The number of carbonyl (C=O) groups is 1. The summed E-state index contributed by atoms with van der Waals surface area (Å²) >= 11 is 3.14. The normalized spacial score (nSPS) is 10.5. The summed E-state index contributed by atoms with van der Waals surface area (Å²) in [5.41, 5.74) is 0. The molecule has 0 fully saturated rings. The fraction of sp³-hybridized carbons (Fsp3) is 0.222. The van der Waals surface area contributed by atoms with Gasteiger partial charge in [-0.15, -0.1) is 11.3 Å². The highest BCUT2D eigenvalue weighted by Gasteiger charge is 2.10. The van der Waals surface area contributed by atoms with Crippen molar-refractivity contribution in [3.05, 3.63) is 21.7 Å². The summed E-state index contributed by atoms with van der Waals surface area (Å²) in [5, 5.41) is 5.22. The monoisotopic (exact) mass is 212 g/mol. The smallest absolute Gasteiger partial charge is 0.348 e. The highest BCUT2D eigenvalue weighted by Crippen LogP contribution is 2.28. The largest absolute Gasteiger partial charge is 0.462 e. The Balaban J connectivity index is 2.34. The van der Waals surface area contributed by atoms with Crippen LogP contribution >= 0.6 is 22.7 Å². The standard InChI is InChI=1S/C9H8O2S2/c1-2-11-9(10)7-3-6-4-12-5-8(6)13-7/h3-5H,2H2,1H3. The number of esters is 1. The fourth-order valence-corrected chi connectivity index (χ4v) is 2.98. The molecular formula is C9H8O2S2. The second kappa shape index (κ2) is 3.47. The second-order valence-electron chi connectivity index (χ2n) is 2.52. The zero-order chi connectivity index (χ0) is 9.26. The van der Waals surface area contributed by atoms with Crippen LogP contribution in [-0.4, -0.2) is 12.6 Å². The molecule has 0 radical (unpaired) electrons. The summed E-state index contributed by atoms with van der Waals surface area (Å²) in [4.78, 5) is 12.0. The highest BCUT2D eigenvalue weighted by molar-refractivity contribution is 7.23. The molecule has 13 heavy (non-hydrogen) atoms. The van der Waals surface area contributed by atoms with E-state index in [2.05, 4.69) is 0 Å². The first-order valence-electron chi connectivity index (χ1n) is 3.94. The van der Waals surface area contributed by atoms with Crippen LogP contribution in [0.4, 0.5) is 0 Å². The molecule has 0 saturated heterocycles. The minimum atomic E-state index is -0.214. The zero-order valence-electron chi connectivity index (χ0n) is 7.07. The molecule has 0 bridgehead atoms. The summed E-state index contributed by atoms with van der Waals surface area (Å²) in [5.74, 6) is -0.214. The van der Waals surface area contributed by atoms with Crippen molar-refractivity contribution < 1.29 is 9.53 Å². The van der Waals surface area contributed by atoms with E-state index in [0.29, 0.717) is 11.5 Å². The van der Waals surface area contributed by atoms with Crippen molar-refractivity contribution in [2.45, 2.75) is 6.92 Å². The molecule has 68 valence electrons. The van der Waals surface area contributed by atoms with Crippen LogP contribution in [-0.2, 0) is 4.74 Å². The quantitative estimate of drug-likeness (QED) is 0.715. The summed E-state index contributed by atoms with van der Waals surface area (Å²) in [7, 11) is 0. The zero-order valence-corrected chi connectivity index (χ0v) is 8.71. The molecule has 0 atom stereocenters. The van der Waals surface area contributed by atoms with Gasteiger partial charge in [0.15, 0.2) is 0 Å². The van der Waals surface area contributed by atoms with Crippen molar-refractivity contribution in [3.8, 4) is 0 Å². The minimum absolute atomic E-state index is 0.214. The summed E-state index contributed by atoms with van der Waals surface area (Å²) < 4.78 is 6.06. The maximum absolute atomic E-state index is 11.3. The number of rotatable bonds is 2. The van der Waals surface area contributed by atoms with Gasteiger partial charge in [-0.3, -0.25) is 0 Å². The Labute approximate surface area is 83.8 Å².